The maximum Gasteiger partial charge on any atom is 0.256 e. The van der Waals surface area contributed by atoms with Crippen LogP contribution in [0.15, 0.2) is 84.6 Å². The van der Waals surface area contributed by atoms with Gasteiger partial charge in [-0.2, -0.15) is 0 Å². The highest BCUT2D eigenvalue weighted by Crippen LogP contribution is 2.36. The van der Waals surface area contributed by atoms with Gasteiger partial charge in [-0.25, -0.2) is 4.98 Å². The van der Waals surface area contributed by atoms with Crippen molar-refractivity contribution in [3.05, 3.63) is 95.9 Å². The molecule has 5 nitrogen and oxygen atoms in total. The van der Waals surface area contributed by atoms with Crippen molar-refractivity contribution in [3.8, 4) is 22.6 Å². The van der Waals surface area contributed by atoms with Gasteiger partial charge in [-0.3, -0.25) is 4.79 Å². The first kappa shape index (κ1) is 20.0. The average Bonchev–Trinajstić information content (AvgIpc) is 3.45. The quantitative estimate of drug-likeness (QED) is 0.348. The normalized spacial score (nSPS) is 10.9. The standard InChI is InChI=1S/C26H21N3O2S/c1-17-14-29(16-27-17)23-12-11-18(13-24(23)31-2)28-26(30)21-9-4-3-7-19(21)22-15-32-25-10-6-5-8-20(22)25/h3-16H,1-2H3,(H,28,30). The monoisotopic (exact) mass is 439 g/mol. The second-order valence-electron chi connectivity index (χ2n) is 7.45. The Morgan fingerprint density at radius 2 is 1.84 bits per heavy atom. The van der Waals surface area contributed by atoms with Gasteiger partial charge in [0.05, 0.1) is 24.8 Å². The Labute approximate surface area is 189 Å². The summed E-state index contributed by atoms with van der Waals surface area (Å²) in [6, 6.07) is 21.6. The molecule has 0 spiro atoms. The van der Waals surface area contributed by atoms with Crippen LogP contribution in [0.3, 0.4) is 0 Å². The molecule has 0 radical (unpaired) electrons. The van der Waals surface area contributed by atoms with Gasteiger partial charge in [0.15, 0.2) is 0 Å². The number of hydrogen-bond acceptors (Lipinski definition) is 4. The summed E-state index contributed by atoms with van der Waals surface area (Å²) in [5.74, 6) is 0.487. The largest absolute Gasteiger partial charge is 0.494 e. The van der Waals surface area contributed by atoms with Crippen molar-refractivity contribution in [2.45, 2.75) is 6.92 Å². The van der Waals surface area contributed by atoms with Gasteiger partial charge in [-0.05, 0) is 42.1 Å². The summed E-state index contributed by atoms with van der Waals surface area (Å²) in [4.78, 5) is 17.5. The van der Waals surface area contributed by atoms with Crippen molar-refractivity contribution in [2.75, 3.05) is 12.4 Å². The molecule has 5 rings (SSSR count). The fraction of sp³-hybridized carbons (Fsp3) is 0.0769. The van der Waals surface area contributed by atoms with Crippen LogP contribution in [0, 0.1) is 6.92 Å². The zero-order chi connectivity index (χ0) is 22.1. The minimum Gasteiger partial charge on any atom is -0.494 e. The van der Waals surface area contributed by atoms with Gasteiger partial charge in [-0.15, -0.1) is 11.3 Å². The molecule has 1 N–H and O–H groups in total. The number of fused-ring (bicyclic) bond motifs is 1. The van der Waals surface area contributed by atoms with Crippen molar-refractivity contribution in [3.63, 3.8) is 0 Å². The molecule has 0 aliphatic carbocycles. The third-order valence-electron chi connectivity index (χ3n) is 5.37. The highest BCUT2D eigenvalue weighted by molar-refractivity contribution is 7.17. The van der Waals surface area contributed by atoms with E-state index in [4.69, 9.17) is 4.74 Å². The Morgan fingerprint density at radius 3 is 2.66 bits per heavy atom. The number of anilines is 1. The van der Waals surface area contributed by atoms with Crippen molar-refractivity contribution in [1.82, 2.24) is 9.55 Å². The summed E-state index contributed by atoms with van der Waals surface area (Å²) >= 11 is 1.68. The number of thiophene rings is 1. The zero-order valence-corrected chi connectivity index (χ0v) is 18.5. The number of carbonyl (C=O) groups is 1. The number of methoxy groups -OCH3 is 1. The fourth-order valence-electron chi connectivity index (χ4n) is 3.82. The molecular weight excluding hydrogens is 418 g/mol. The SMILES string of the molecule is COc1cc(NC(=O)c2ccccc2-c2csc3ccccc23)ccc1-n1cnc(C)c1. The smallest absolute Gasteiger partial charge is 0.256 e. The minimum atomic E-state index is -0.163. The van der Waals surface area contributed by atoms with Crippen molar-refractivity contribution >= 4 is 33.0 Å². The Hall–Kier alpha value is -3.90. The summed E-state index contributed by atoms with van der Waals surface area (Å²) in [7, 11) is 1.62. The molecule has 0 atom stereocenters. The van der Waals surface area contributed by atoms with E-state index in [1.54, 1.807) is 24.8 Å². The molecule has 2 aromatic heterocycles. The lowest BCUT2D eigenvalue weighted by atomic mass is 9.98. The number of benzene rings is 3. The Bertz CT molecular complexity index is 1430. The molecule has 6 heteroatoms. The highest BCUT2D eigenvalue weighted by Gasteiger charge is 2.16. The number of ether oxygens (including phenoxy) is 1. The zero-order valence-electron chi connectivity index (χ0n) is 17.7. The Kier molecular flexibility index (Phi) is 5.21. The van der Waals surface area contributed by atoms with Crippen molar-refractivity contribution in [2.24, 2.45) is 0 Å². The van der Waals surface area contributed by atoms with Crippen LogP contribution in [0.5, 0.6) is 5.75 Å². The van der Waals surface area contributed by atoms with E-state index < -0.39 is 0 Å². The molecule has 2 heterocycles. The third kappa shape index (κ3) is 3.65. The molecule has 32 heavy (non-hydrogen) atoms. The molecule has 0 fully saturated rings. The predicted octanol–water partition coefficient (Wildman–Crippen LogP) is 6.32. The molecule has 3 aromatic carbocycles. The van der Waals surface area contributed by atoms with Crippen LogP contribution in [-0.2, 0) is 0 Å². The summed E-state index contributed by atoms with van der Waals surface area (Å²) in [5, 5.41) is 6.29. The van der Waals surface area contributed by atoms with Crippen LogP contribution >= 0.6 is 11.3 Å². The first-order valence-corrected chi connectivity index (χ1v) is 11.1. The van der Waals surface area contributed by atoms with Gasteiger partial charge in [-0.1, -0.05) is 36.4 Å². The van der Waals surface area contributed by atoms with Crippen molar-refractivity contribution in [1.29, 1.82) is 0 Å². The first-order chi connectivity index (χ1) is 15.6. The molecule has 0 aliphatic heterocycles. The number of rotatable bonds is 5. The van der Waals surface area contributed by atoms with E-state index >= 15 is 0 Å². The van der Waals surface area contributed by atoms with E-state index in [-0.39, 0.29) is 5.91 Å². The number of nitrogens with one attached hydrogen (secondary N) is 1. The van der Waals surface area contributed by atoms with Crippen LogP contribution < -0.4 is 10.1 Å². The highest BCUT2D eigenvalue weighted by atomic mass is 32.1. The van der Waals surface area contributed by atoms with E-state index in [1.807, 2.05) is 72.3 Å². The number of aryl methyl sites for hydroxylation is 1. The van der Waals surface area contributed by atoms with E-state index in [2.05, 4.69) is 27.8 Å². The molecule has 0 saturated carbocycles. The van der Waals surface area contributed by atoms with Gasteiger partial charge >= 0.3 is 0 Å². The van der Waals surface area contributed by atoms with Crippen LogP contribution in [0.4, 0.5) is 5.69 Å². The maximum absolute atomic E-state index is 13.3. The van der Waals surface area contributed by atoms with Gasteiger partial charge in [0.1, 0.15) is 5.75 Å². The van der Waals surface area contributed by atoms with Gasteiger partial charge in [0, 0.05) is 39.2 Å². The summed E-state index contributed by atoms with van der Waals surface area (Å²) in [6.45, 7) is 1.94. The van der Waals surface area contributed by atoms with Crippen LogP contribution in [0.2, 0.25) is 0 Å². The second-order valence-corrected chi connectivity index (χ2v) is 8.37. The lowest BCUT2D eigenvalue weighted by molar-refractivity contribution is 0.102. The average molecular weight is 440 g/mol. The van der Waals surface area contributed by atoms with Crippen LogP contribution in [-0.4, -0.2) is 22.6 Å². The van der Waals surface area contributed by atoms with Gasteiger partial charge in [0.2, 0.25) is 0 Å². The first-order valence-electron chi connectivity index (χ1n) is 10.2. The fourth-order valence-corrected chi connectivity index (χ4v) is 4.78. The number of nitrogens with zero attached hydrogens (tertiary/aromatic N) is 2. The number of carbonyl (C=O) groups excluding carboxylic acids is 1. The van der Waals surface area contributed by atoms with Crippen molar-refractivity contribution < 1.29 is 9.53 Å². The summed E-state index contributed by atoms with van der Waals surface area (Å²) in [6.07, 6.45) is 3.67. The Morgan fingerprint density at radius 1 is 1.03 bits per heavy atom. The second kappa shape index (κ2) is 8.32. The van der Waals surface area contributed by atoms with Crippen LogP contribution in [0.1, 0.15) is 16.1 Å². The number of amides is 1. The molecule has 5 aromatic rings. The maximum atomic E-state index is 13.3. The number of hydrogen-bond donors (Lipinski definition) is 1. The summed E-state index contributed by atoms with van der Waals surface area (Å²) in [5.41, 5.74) is 5.06. The van der Waals surface area contributed by atoms with E-state index in [0.29, 0.717) is 17.0 Å². The molecule has 0 bridgehead atoms. The van der Waals surface area contributed by atoms with E-state index in [1.165, 1.54) is 4.70 Å². The molecule has 0 unspecified atom stereocenters. The van der Waals surface area contributed by atoms with Crippen LogP contribution in [0.25, 0.3) is 26.9 Å². The minimum absolute atomic E-state index is 0.163. The number of imidazole rings is 1. The Balaban J connectivity index is 1.47. The summed E-state index contributed by atoms with van der Waals surface area (Å²) < 4.78 is 8.67. The van der Waals surface area contributed by atoms with E-state index in [9.17, 15) is 4.79 Å². The molecule has 0 aliphatic rings. The molecule has 1 amide bonds. The molecule has 158 valence electrons. The molecule has 0 saturated heterocycles. The molecular formula is C26H21N3O2S. The lowest BCUT2D eigenvalue weighted by Gasteiger charge is -2.13. The lowest BCUT2D eigenvalue weighted by Crippen LogP contribution is -2.13. The van der Waals surface area contributed by atoms with Gasteiger partial charge < -0.3 is 14.6 Å². The van der Waals surface area contributed by atoms with Gasteiger partial charge in [0.25, 0.3) is 5.91 Å². The third-order valence-corrected chi connectivity index (χ3v) is 6.33. The topological polar surface area (TPSA) is 56.1 Å². The van der Waals surface area contributed by atoms with E-state index in [0.717, 1.165) is 27.9 Å². The predicted molar refractivity (Wildman–Crippen MR) is 130 cm³/mol. The number of aromatic nitrogens is 2.